The number of benzene rings is 2. The molecule has 0 bridgehead atoms. The maximum absolute atomic E-state index is 5.62. The molecule has 0 aromatic heterocycles. The molecule has 0 fully saturated rings. The van der Waals surface area contributed by atoms with E-state index in [1.54, 1.807) is 0 Å². The molecule has 21 heavy (non-hydrogen) atoms. The maximum atomic E-state index is 5.62. The van der Waals surface area contributed by atoms with Crippen LogP contribution in [-0.2, 0) is 0 Å². The van der Waals surface area contributed by atoms with Crippen LogP contribution < -0.4 is 10.1 Å². The first-order chi connectivity index (χ1) is 10.2. The summed E-state index contributed by atoms with van der Waals surface area (Å²) >= 11 is 0. The molecule has 2 aromatic rings. The first-order valence-corrected chi connectivity index (χ1v) is 7.75. The van der Waals surface area contributed by atoms with Crippen molar-refractivity contribution in [2.75, 3.05) is 11.9 Å². The third kappa shape index (κ3) is 4.52. The fourth-order valence-electron chi connectivity index (χ4n) is 2.34. The van der Waals surface area contributed by atoms with Gasteiger partial charge in [0.1, 0.15) is 5.75 Å². The van der Waals surface area contributed by atoms with Crippen LogP contribution in [0.1, 0.15) is 38.8 Å². The summed E-state index contributed by atoms with van der Waals surface area (Å²) < 4.78 is 5.62. The molecule has 0 aliphatic heterocycles. The number of hydrogen-bond donors (Lipinski definition) is 1. The number of anilines is 1. The first-order valence-electron chi connectivity index (χ1n) is 7.75. The van der Waals surface area contributed by atoms with Crippen LogP contribution in [0.2, 0.25) is 0 Å². The van der Waals surface area contributed by atoms with Gasteiger partial charge in [0.15, 0.2) is 0 Å². The van der Waals surface area contributed by atoms with Crippen LogP contribution in [0.4, 0.5) is 5.69 Å². The Morgan fingerprint density at radius 2 is 1.62 bits per heavy atom. The molecule has 0 saturated carbocycles. The zero-order chi connectivity index (χ0) is 15.1. The van der Waals surface area contributed by atoms with Gasteiger partial charge in [0.2, 0.25) is 0 Å². The molecule has 0 amide bonds. The minimum Gasteiger partial charge on any atom is -0.494 e. The predicted octanol–water partition coefficient (Wildman–Crippen LogP) is 5.28. The summed E-state index contributed by atoms with van der Waals surface area (Å²) in [7, 11) is 0. The average molecular weight is 283 g/mol. The lowest BCUT2D eigenvalue weighted by atomic mass is 9.96. The van der Waals surface area contributed by atoms with Crippen LogP contribution in [0.25, 0.3) is 0 Å². The molecular weight excluding hydrogens is 258 g/mol. The molecule has 1 atom stereocenters. The lowest BCUT2D eigenvalue weighted by Gasteiger charge is -2.24. The molecule has 0 radical (unpaired) electrons. The number of hydrogen-bond acceptors (Lipinski definition) is 2. The van der Waals surface area contributed by atoms with Gasteiger partial charge in [-0.15, -0.1) is 0 Å². The highest BCUT2D eigenvalue weighted by Gasteiger charge is 2.15. The molecule has 0 spiro atoms. The van der Waals surface area contributed by atoms with E-state index >= 15 is 0 Å². The van der Waals surface area contributed by atoms with Crippen molar-refractivity contribution in [3.05, 3.63) is 60.2 Å². The van der Waals surface area contributed by atoms with Gasteiger partial charge in [0.05, 0.1) is 12.6 Å². The number of nitrogens with one attached hydrogen (secondary N) is 1. The second-order valence-corrected chi connectivity index (χ2v) is 5.65. The van der Waals surface area contributed by atoms with Gasteiger partial charge in [-0.05, 0) is 42.2 Å². The third-order valence-corrected chi connectivity index (χ3v) is 3.47. The van der Waals surface area contributed by atoms with Crippen LogP contribution in [0.3, 0.4) is 0 Å². The minimum absolute atomic E-state index is 0.314. The Kier molecular flexibility index (Phi) is 5.68. The van der Waals surface area contributed by atoms with Crippen molar-refractivity contribution < 1.29 is 4.74 Å². The Hall–Kier alpha value is -1.96. The van der Waals surface area contributed by atoms with Gasteiger partial charge in [-0.25, -0.2) is 0 Å². The van der Waals surface area contributed by atoms with Crippen molar-refractivity contribution in [3.63, 3.8) is 0 Å². The van der Waals surface area contributed by atoms with E-state index in [1.165, 1.54) is 5.56 Å². The van der Waals surface area contributed by atoms with Crippen molar-refractivity contribution in [2.45, 2.75) is 33.2 Å². The van der Waals surface area contributed by atoms with Crippen molar-refractivity contribution in [1.29, 1.82) is 0 Å². The molecule has 0 aliphatic rings. The Bertz CT molecular complexity index is 519. The van der Waals surface area contributed by atoms with E-state index in [1.807, 2.05) is 12.1 Å². The predicted molar refractivity (Wildman–Crippen MR) is 89.9 cm³/mol. The van der Waals surface area contributed by atoms with E-state index in [0.29, 0.717) is 12.0 Å². The Morgan fingerprint density at radius 1 is 0.952 bits per heavy atom. The second kappa shape index (κ2) is 7.72. The summed E-state index contributed by atoms with van der Waals surface area (Å²) in [5.41, 5.74) is 2.44. The van der Waals surface area contributed by atoms with E-state index in [9.17, 15) is 0 Å². The van der Waals surface area contributed by atoms with E-state index < -0.39 is 0 Å². The molecule has 0 heterocycles. The molecule has 2 aromatic carbocycles. The molecule has 0 saturated heterocycles. The third-order valence-electron chi connectivity index (χ3n) is 3.47. The highest BCUT2D eigenvalue weighted by Crippen LogP contribution is 2.27. The molecule has 1 unspecified atom stereocenters. The summed E-state index contributed by atoms with van der Waals surface area (Å²) in [6.45, 7) is 7.36. The fourth-order valence-corrected chi connectivity index (χ4v) is 2.34. The normalized spacial score (nSPS) is 12.2. The van der Waals surface area contributed by atoms with Gasteiger partial charge >= 0.3 is 0 Å². The first kappa shape index (κ1) is 15.4. The summed E-state index contributed by atoms with van der Waals surface area (Å²) in [6.07, 6.45) is 1.03. The van der Waals surface area contributed by atoms with Gasteiger partial charge in [0, 0.05) is 5.69 Å². The van der Waals surface area contributed by atoms with E-state index in [4.69, 9.17) is 4.74 Å². The van der Waals surface area contributed by atoms with Crippen LogP contribution in [0, 0.1) is 5.92 Å². The molecule has 2 rings (SSSR count). The summed E-state index contributed by atoms with van der Waals surface area (Å²) in [5, 5.41) is 3.62. The summed E-state index contributed by atoms with van der Waals surface area (Å²) in [5.74, 6) is 1.45. The van der Waals surface area contributed by atoms with Crippen molar-refractivity contribution in [1.82, 2.24) is 0 Å². The van der Waals surface area contributed by atoms with Crippen molar-refractivity contribution in [2.24, 2.45) is 5.92 Å². The number of ether oxygens (including phenoxy) is 1. The van der Waals surface area contributed by atoms with Crippen molar-refractivity contribution >= 4 is 5.69 Å². The van der Waals surface area contributed by atoms with Gasteiger partial charge < -0.3 is 10.1 Å². The Balaban J connectivity index is 2.07. The highest BCUT2D eigenvalue weighted by molar-refractivity contribution is 5.48. The SMILES string of the molecule is CCCOc1ccc(NC(c2ccccc2)C(C)C)cc1. The van der Waals surface area contributed by atoms with E-state index in [-0.39, 0.29) is 0 Å². The second-order valence-electron chi connectivity index (χ2n) is 5.65. The minimum atomic E-state index is 0.314. The topological polar surface area (TPSA) is 21.3 Å². The van der Waals surface area contributed by atoms with E-state index in [2.05, 4.69) is 68.6 Å². The van der Waals surface area contributed by atoms with Gasteiger partial charge in [-0.2, -0.15) is 0 Å². The lowest BCUT2D eigenvalue weighted by Crippen LogP contribution is -2.16. The molecular formula is C19H25NO. The molecule has 1 N–H and O–H groups in total. The van der Waals surface area contributed by atoms with Crippen LogP contribution >= 0.6 is 0 Å². The average Bonchev–Trinajstić information content (AvgIpc) is 2.52. The standard InChI is InChI=1S/C19H25NO/c1-4-14-21-18-12-10-17(11-13-18)20-19(15(2)3)16-8-6-5-7-9-16/h5-13,15,19-20H,4,14H2,1-3H3. The quantitative estimate of drug-likeness (QED) is 0.746. The Labute approximate surface area is 128 Å². The highest BCUT2D eigenvalue weighted by atomic mass is 16.5. The van der Waals surface area contributed by atoms with Gasteiger partial charge in [-0.3, -0.25) is 0 Å². The van der Waals surface area contributed by atoms with Crippen LogP contribution in [0.15, 0.2) is 54.6 Å². The van der Waals surface area contributed by atoms with E-state index in [0.717, 1.165) is 24.5 Å². The maximum Gasteiger partial charge on any atom is 0.119 e. The monoisotopic (exact) mass is 283 g/mol. The largest absolute Gasteiger partial charge is 0.494 e. The van der Waals surface area contributed by atoms with Crippen LogP contribution in [-0.4, -0.2) is 6.61 Å². The zero-order valence-corrected chi connectivity index (χ0v) is 13.2. The van der Waals surface area contributed by atoms with Gasteiger partial charge in [-0.1, -0.05) is 51.1 Å². The smallest absolute Gasteiger partial charge is 0.119 e. The molecule has 2 heteroatoms. The molecule has 112 valence electrons. The summed E-state index contributed by atoms with van der Waals surface area (Å²) in [4.78, 5) is 0. The number of rotatable bonds is 7. The summed E-state index contributed by atoms with van der Waals surface area (Å²) in [6, 6.07) is 19.1. The van der Waals surface area contributed by atoms with Crippen molar-refractivity contribution in [3.8, 4) is 5.75 Å². The lowest BCUT2D eigenvalue weighted by molar-refractivity contribution is 0.317. The Morgan fingerprint density at radius 3 is 2.19 bits per heavy atom. The zero-order valence-electron chi connectivity index (χ0n) is 13.2. The van der Waals surface area contributed by atoms with Crippen LogP contribution in [0.5, 0.6) is 5.75 Å². The molecule has 0 aliphatic carbocycles. The fraction of sp³-hybridized carbons (Fsp3) is 0.368. The molecule has 2 nitrogen and oxygen atoms in total. The van der Waals surface area contributed by atoms with Gasteiger partial charge in [0.25, 0.3) is 0 Å².